The van der Waals surface area contributed by atoms with Crippen LogP contribution in [0.15, 0.2) is 16.6 Å². The highest BCUT2D eigenvalue weighted by molar-refractivity contribution is 9.10. The van der Waals surface area contributed by atoms with Crippen molar-refractivity contribution >= 4 is 15.9 Å². The Bertz CT molecular complexity index is 480. The van der Waals surface area contributed by atoms with Crippen molar-refractivity contribution in [1.82, 2.24) is 0 Å². The van der Waals surface area contributed by atoms with Gasteiger partial charge < -0.3 is 19.9 Å². The van der Waals surface area contributed by atoms with E-state index in [1.807, 2.05) is 12.1 Å². The molecule has 2 aliphatic heterocycles. The molecule has 3 unspecified atom stereocenters. The van der Waals surface area contributed by atoms with Crippen molar-refractivity contribution in [3.05, 3.63) is 22.2 Å². The highest BCUT2D eigenvalue weighted by atomic mass is 79.9. The molecule has 1 aromatic rings. The molecule has 104 valence electrons. The van der Waals surface area contributed by atoms with Gasteiger partial charge in [0.05, 0.1) is 12.7 Å². The number of benzene rings is 1. The summed E-state index contributed by atoms with van der Waals surface area (Å²) >= 11 is 3.58. The lowest BCUT2D eigenvalue weighted by Gasteiger charge is -2.24. The lowest BCUT2D eigenvalue weighted by atomic mass is 9.91. The van der Waals surface area contributed by atoms with Crippen LogP contribution in [0.4, 0.5) is 0 Å². The van der Waals surface area contributed by atoms with Crippen molar-refractivity contribution in [2.24, 2.45) is 11.7 Å². The van der Waals surface area contributed by atoms with E-state index in [1.54, 1.807) is 0 Å². The second kappa shape index (κ2) is 5.31. The average Bonchev–Trinajstić information content (AvgIpc) is 2.84. The van der Waals surface area contributed by atoms with Crippen molar-refractivity contribution < 1.29 is 14.2 Å². The van der Waals surface area contributed by atoms with Gasteiger partial charge in [-0.15, -0.1) is 0 Å². The first-order valence-corrected chi connectivity index (χ1v) is 7.40. The van der Waals surface area contributed by atoms with Crippen LogP contribution in [0, 0.1) is 5.92 Å². The number of halogens is 1. The molecule has 1 fully saturated rings. The summed E-state index contributed by atoms with van der Waals surface area (Å²) in [5, 5.41) is 0. The smallest absolute Gasteiger partial charge is 0.162 e. The highest BCUT2D eigenvalue weighted by Crippen LogP contribution is 2.40. The Labute approximate surface area is 121 Å². The van der Waals surface area contributed by atoms with E-state index in [-0.39, 0.29) is 6.04 Å². The first-order chi connectivity index (χ1) is 9.15. The Morgan fingerprint density at radius 2 is 1.95 bits per heavy atom. The minimum absolute atomic E-state index is 0.0462. The zero-order valence-corrected chi connectivity index (χ0v) is 12.5. The normalized spacial score (nSPS) is 27.3. The molecule has 2 aliphatic rings. The summed E-state index contributed by atoms with van der Waals surface area (Å²) in [7, 11) is 0. The summed E-state index contributed by atoms with van der Waals surface area (Å²) in [5.74, 6) is 1.92. The second-order valence-electron chi connectivity index (χ2n) is 5.18. The molecule has 5 heteroatoms. The van der Waals surface area contributed by atoms with Crippen molar-refractivity contribution in [1.29, 1.82) is 0 Å². The molecule has 3 atom stereocenters. The third-order valence-electron chi connectivity index (χ3n) is 3.76. The highest BCUT2D eigenvalue weighted by Gasteiger charge is 2.30. The van der Waals surface area contributed by atoms with E-state index in [0.29, 0.717) is 25.2 Å². The molecule has 0 saturated carbocycles. The van der Waals surface area contributed by atoms with Gasteiger partial charge in [0.15, 0.2) is 11.5 Å². The molecule has 3 rings (SSSR count). The van der Waals surface area contributed by atoms with E-state index in [2.05, 4.69) is 22.9 Å². The standard InChI is InChI=1S/C14H18BrNO3/c1-8-4-9(7-19-8)14(16)10-5-12-13(6-11(10)15)18-3-2-17-12/h5-6,8-9,14H,2-4,7,16H2,1H3. The molecule has 1 saturated heterocycles. The number of ether oxygens (including phenoxy) is 3. The monoisotopic (exact) mass is 327 g/mol. The van der Waals surface area contributed by atoms with Crippen LogP contribution in [0.25, 0.3) is 0 Å². The number of hydrogen-bond donors (Lipinski definition) is 1. The maximum absolute atomic E-state index is 6.39. The quantitative estimate of drug-likeness (QED) is 0.907. The van der Waals surface area contributed by atoms with E-state index < -0.39 is 0 Å². The maximum Gasteiger partial charge on any atom is 0.162 e. The molecule has 0 radical (unpaired) electrons. The van der Waals surface area contributed by atoms with Crippen molar-refractivity contribution in [2.45, 2.75) is 25.5 Å². The van der Waals surface area contributed by atoms with Crippen LogP contribution >= 0.6 is 15.9 Å². The fourth-order valence-corrected chi connectivity index (χ4v) is 3.28. The van der Waals surface area contributed by atoms with Crippen molar-refractivity contribution in [3.8, 4) is 11.5 Å². The molecule has 2 heterocycles. The summed E-state index contributed by atoms with van der Waals surface area (Å²) in [4.78, 5) is 0. The Hall–Kier alpha value is -0.780. The Kier molecular flexibility index (Phi) is 3.69. The van der Waals surface area contributed by atoms with Gasteiger partial charge in [0.25, 0.3) is 0 Å². The van der Waals surface area contributed by atoms with E-state index in [9.17, 15) is 0 Å². The molecule has 0 aromatic heterocycles. The van der Waals surface area contributed by atoms with Crippen molar-refractivity contribution in [2.75, 3.05) is 19.8 Å². The molecular formula is C14H18BrNO3. The summed E-state index contributed by atoms with van der Waals surface area (Å²) < 4.78 is 17.8. The fourth-order valence-electron chi connectivity index (χ4n) is 2.69. The third kappa shape index (κ3) is 2.59. The molecule has 4 nitrogen and oxygen atoms in total. The molecule has 0 amide bonds. The van der Waals surface area contributed by atoms with Gasteiger partial charge in [0, 0.05) is 16.4 Å². The minimum Gasteiger partial charge on any atom is -0.486 e. The van der Waals surface area contributed by atoms with Gasteiger partial charge in [-0.25, -0.2) is 0 Å². The topological polar surface area (TPSA) is 53.7 Å². The van der Waals surface area contributed by atoms with Gasteiger partial charge in [-0.2, -0.15) is 0 Å². The van der Waals surface area contributed by atoms with Crippen LogP contribution in [-0.2, 0) is 4.74 Å². The van der Waals surface area contributed by atoms with Crippen LogP contribution < -0.4 is 15.2 Å². The van der Waals surface area contributed by atoms with Gasteiger partial charge in [-0.3, -0.25) is 0 Å². The van der Waals surface area contributed by atoms with Crippen LogP contribution in [0.1, 0.15) is 24.9 Å². The third-order valence-corrected chi connectivity index (χ3v) is 4.44. The first-order valence-electron chi connectivity index (χ1n) is 6.61. The van der Waals surface area contributed by atoms with Crippen molar-refractivity contribution in [3.63, 3.8) is 0 Å². The van der Waals surface area contributed by atoms with Gasteiger partial charge >= 0.3 is 0 Å². The maximum atomic E-state index is 6.39. The van der Waals surface area contributed by atoms with E-state index >= 15 is 0 Å². The van der Waals surface area contributed by atoms with Gasteiger partial charge in [0.2, 0.25) is 0 Å². The van der Waals surface area contributed by atoms with Crippen LogP contribution in [0.5, 0.6) is 11.5 Å². The average molecular weight is 328 g/mol. The fraction of sp³-hybridized carbons (Fsp3) is 0.571. The molecule has 19 heavy (non-hydrogen) atoms. The van der Waals surface area contributed by atoms with E-state index in [0.717, 1.165) is 34.6 Å². The number of hydrogen-bond acceptors (Lipinski definition) is 4. The predicted octanol–water partition coefficient (Wildman–Crippen LogP) is 2.65. The first kappa shape index (κ1) is 13.2. The Morgan fingerprint density at radius 3 is 2.58 bits per heavy atom. The largest absolute Gasteiger partial charge is 0.486 e. The SMILES string of the molecule is CC1CC(C(N)c2cc3c(cc2Br)OCCO3)CO1. The van der Waals surface area contributed by atoms with Crippen LogP contribution in [0.3, 0.4) is 0 Å². The summed E-state index contributed by atoms with van der Waals surface area (Å²) in [6.45, 7) is 4.00. The number of rotatable bonds is 2. The van der Waals surface area contributed by atoms with Crippen LogP contribution in [-0.4, -0.2) is 25.9 Å². The Balaban J connectivity index is 1.87. The van der Waals surface area contributed by atoms with Gasteiger partial charge in [-0.1, -0.05) is 15.9 Å². The molecular weight excluding hydrogens is 310 g/mol. The summed E-state index contributed by atoms with van der Waals surface area (Å²) in [5.41, 5.74) is 7.45. The number of fused-ring (bicyclic) bond motifs is 1. The number of nitrogens with two attached hydrogens (primary N) is 1. The zero-order chi connectivity index (χ0) is 13.4. The van der Waals surface area contributed by atoms with Gasteiger partial charge in [0.1, 0.15) is 13.2 Å². The molecule has 0 aliphatic carbocycles. The lowest BCUT2D eigenvalue weighted by molar-refractivity contribution is 0.118. The van der Waals surface area contributed by atoms with Crippen LogP contribution in [0.2, 0.25) is 0 Å². The molecule has 0 bridgehead atoms. The van der Waals surface area contributed by atoms with E-state index in [4.69, 9.17) is 19.9 Å². The minimum atomic E-state index is -0.0462. The molecule has 2 N–H and O–H groups in total. The summed E-state index contributed by atoms with van der Waals surface area (Å²) in [6, 6.07) is 3.89. The molecule has 1 aromatic carbocycles. The summed E-state index contributed by atoms with van der Waals surface area (Å²) in [6.07, 6.45) is 1.30. The Morgan fingerprint density at radius 1 is 1.26 bits per heavy atom. The lowest BCUT2D eigenvalue weighted by Crippen LogP contribution is -2.23. The second-order valence-corrected chi connectivity index (χ2v) is 6.04. The van der Waals surface area contributed by atoms with Gasteiger partial charge in [-0.05, 0) is 31.0 Å². The zero-order valence-electron chi connectivity index (χ0n) is 10.9. The molecule has 0 spiro atoms. The predicted molar refractivity (Wildman–Crippen MR) is 75.6 cm³/mol. The van der Waals surface area contributed by atoms with E-state index in [1.165, 1.54) is 0 Å².